The van der Waals surface area contributed by atoms with Crippen molar-refractivity contribution < 1.29 is 4.39 Å². The number of halogens is 3. The molecular formula is C15H15BrClFN2. The van der Waals surface area contributed by atoms with E-state index >= 15 is 0 Å². The molecule has 5 heteroatoms. The van der Waals surface area contributed by atoms with Gasteiger partial charge < -0.3 is 5.32 Å². The Morgan fingerprint density at radius 2 is 2.05 bits per heavy atom. The molecule has 0 saturated heterocycles. The summed E-state index contributed by atoms with van der Waals surface area (Å²) in [5.41, 5.74) is 3.38. The van der Waals surface area contributed by atoms with Crippen molar-refractivity contribution in [3.8, 4) is 0 Å². The van der Waals surface area contributed by atoms with Gasteiger partial charge in [-0.1, -0.05) is 23.7 Å². The average molecular weight is 358 g/mol. The molecule has 2 nitrogen and oxygen atoms in total. The van der Waals surface area contributed by atoms with E-state index in [2.05, 4.69) is 26.2 Å². The highest BCUT2D eigenvalue weighted by Gasteiger charge is 2.21. The molecule has 1 aromatic carbocycles. The zero-order valence-electron chi connectivity index (χ0n) is 11.5. The molecule has 2 rings (SSSR count). The molecule has 0 amide bonds. The average Bonchev–Trinajstić information content (AvgIpc) is 2.41. The smallest absolute Gasteiger partial charge is 0.148 e. The Balaban J connectivity index is 2.55. The van der Waals surface area contributed by atoms with Crippen LogP contribution < -0.4 is 5.32 Å². The molecule has 0 spiro atoms. The van der Waals surface area contributed by atoms with E-state index in [0.29, 0.717) is 10.0 Å². The molecule has 0 fully saturated rings. The van der Waals surface area contributed by atoms with Gasteiger partial charge in [-0.2, -0.15) is 0 Å². The van der Waals surface area contributed by atoms with Crippen LogP contribution in [0.15, 0.2) is 28.9 Å². The number of aromatic nitrogens is 1. The normalized spacial score (nSPS) is 12.5. The van der Waals surface area contributed by atoms with E-state index in [1.165, 1.54) is 0 Å². The quantitative estimate of drug-likeness (QED) is 0.814. The van der Waals surface area contributed by atoms with Gasteiger partial charge in [-0.05, 0) is 54.0 Å². The van der Waals surface area contributed by atoms with Crippen molar-refractivity contribution in [3.63, 3.8) is 0 Å². The number of pyridine rings is 1. The summed E-state index contributed by atoms with van der Waals surface area (Å²) >= 11 is 9.19. The van der Waals surface area contributed by atoms with Crippen molar-refractivity contribution in [2.45, 2.75) is 19.9 Å². The van der Waals surface area contributed by atoms with Gasteiger partial charge in [-0.25, -0.2) is 4.39 Å². The van der Waals surface area contributed by atoms with Gasteiger partial charge in [0.05, 0.1) is 16.8 Å². The maximum atomic E-state index is 14.4. The summed E-state index contributed by atoms with van der Waals surface area (Å²) in [4.78, 5) is 4.43. The monoisotopic (exact) mass is 356 g/mol. The molecule has 0 aliphatic rings. The molecule has 106 valence electrons. The first-order valence-electron chi connectivity index (χ1n) is 6.19. The molecule has 1 N–H and O–H groups in total. The van der Waals surface area contributed by atoms with Gasteiger partial charge in [0.2, 0.25) is 0 Å². The van der Waals surface area contributed by atoms with Crippen LogP contribution in [-0.2, 0) is 0 Å². The highest BCUT2D eigenvalue weighted by molar-refractivity contribution is 9.10. The molecule has 20 heavy (non-hydrogen) atoms. The Labute approximate surface area is 131 Å². The number of nitrogens with one attached hydrogen (secondary N) is 1. The largest absolute Gasteiger partial charge is 0.308 e. The van der Waals surface area contributed by atoms with Crippen molar-refractivity contribution in [3.05, 3.63) is 62.1 Å². The minimum absolute atomic E-state index is 0.0903. The minimum atomic E-state index is -0.429. The van der Waals surface area contributed by atoms with Crippen molar-refractivity contribution in [1.29, 1.82) is 0 Å². The molecule has 1 atom stereocenters. The Bertz CT molecular complexity index is 646. The molecule has 0 saturated carbocycles. The van der Waals surface area contributed by atoms with E-state index in [1.807, 2.05) is 19.9 Å². The summed E-state index contributed by atoms with van der Waals surface area (Å²) in [5.74, 6) is -0.429. The van der Waals surface area contributed by atoms with Crippen LogP contribution in [0.2, 0.25) is 5.02 Å². The molecule has 0 aliphatic heterocycles. The lowest BCUT2D eigenvalue weighted by molar-refractivity contribution is 0.569. The SMILES string of the molecule is CNC(c1ccc(Br)c(Cl)c1F)c1ncc(C)cc1C. The maximum absolute atomic E-state index is 14.4. The van der Waals surface area contributed by atoms with Crippen LogP contribution in [0.1, 0.15) is 28.4 Å². The predicted octanol–water partition coefficient (Wildman–Crippen LogP) is 4.56. The summed E-state index contributed by atoms with van der Waals surface area (Å²) in [5, 5.41) is 3.20. The van der Waals surface area contributed by atoms with Crippen LogP contribution in [0.4, 0.5) is 4.39 Å². The molecule has 1 aromatic heterocycles. The third-order valence-corrected chi connectivity index (χ3v) is 4.45. The summed E-state index contributed by atoms with van der Waals surface area (Å²) in [6, 6.07) is 5.16. The minimum Gasteiger partial charge on any atom is -0.308 e. The van der Waals surface area contributed by atoms with E-state index in [9.17, 15) is 4.39 Å². The maximum Gasteiger partial charge on any atom is 0.148 e. The Morgan fingerprint density at radius 3 is 2.65 bits per heavy atom. The lowest BCUT2D eigenvalue weighted by Crippen LogP contribution is -2.21. The predicted molar refractivity (Wildman–Crippen MR) is 83.7 cm³/mol. The van der Waals surface area contributed by atoms with E-state index in [1.54, 1.807) is 25.4 Å². The molecule has 2 aromatic rings. The van der Waals surface area contributed by atoms with E-state index in [0.717, 1.165) is 16.8 Å². The van der Waals surface area contributed by atoms with Gasteiger partial charge in [-0.3, -0.25) is 4.98 Å². The summed E-state index contributed by atoms with van der Waals surface area (Å²) < 4.78 is 14.9. The third kappa shape index (κ3) is 2.87. The standard InChI is InChI=1S/C15H15BrClFN2/c1-8-6-9(2)14(20-7-8)15(19-3)10-4-5-11(16)12(17)13(10)18/h4-7,15,19H,1-3H3. The van der Waals surface area contributed by atoms with Crippen LogP contribution >= 0.6 is 27.5 Å². The first kappa shape index (κ1) is 15.4. The van der Waals surface area contributed by atoms with Gasteiger partial charge in [-0.15, -0.1) is 0 Å². The zero-order chi connectivity index (χ0) is 14.9. The van der Waals surface area contributed by atoms with Crippen LogP contribution in [0.5, 0.6) is 0 Å². The van der Waals surface area contributed by atoms with Crippen molar-refractivity contribution in [1.82, 2.24) is 10.3 Å². The van der Waals surface area contributed by atoms with Gasteiger partial charge in [0.15, 0.2) is 0 Å². The molecule has 0 radical (unpaired) electrons. The second kappa shape index (κ2) is 6.20. The Kier molecular flexibility index (Phi) is 4.78. The summed E-state index contributed by atoms with van der Waals surface area (Å²) in [7, 11) is 1.78. The Morgan fingerprint density at radius 1 is 1.35 bits per heavy atom. The van der Waals surface area contributed by atoms with Crippen LogP contribution in [0.25, 0.3) is 0 Å². The molecule has 1 heterocycles. The second-order valence-electron chi connectivity index (χ2n) is 4.70. The van der Waals surface area contributed by atoms with Crippen LogP contribution in [-0.4, -0.2) is 12.0 Å². The summed E-state index contributed by atoms with van der Waals surface area (Å²) in [6.45, 7) is 3.95. The molecular weight excluding hydrogens is 343 g/mol. The lowest BCUT2D eigenvalue weighted by Gasteiger charge is -2.20. The Hall–Kier alpha value is -0.970. The number of benzene rings is 1. The number of rotatable bonds is 3. The van der Waals surface area contributed by atoms with Crippen molar-refractivity contribution in [2.75, 3.05) is 7.05 Å². The van der Waals surface area contributed by atoms with Crippen molar-refractivity contribution in [2.24, 2.45) is 0 Å². The molecule has 0 aliphatic carbocycles. The zero-order valence-corrected chi connectivity index (χ0v) is 13.8. The topological polar surface area (TPSA) is 24.9 Å². The van der Waals surface area contributed by atoms with Crippen molar-refractivity contribution >= 4 is 27.5 Å². The number of hydrogen-bond acceptors (Lipinski definition) is 2. The van der Waals surface area contributed by atoms with Gasteiger partial charge in [0.25, 0.3) is 0 Å². The second-order valence-corrected chi connectivity index (χ2v) is 5.93. The third-order valence-electron chi connectivity index (χ3n) is 3.19. The first-order valence-corrected chi connectivity index (χ1v) is 7.36. The highest BCUT2D eigenvalue weighted by atomic mass is 79.9. The van der Waals surface area contributed by atoms with Gasteiger partial charge >= 0.3 is 0 Å². The van der Waals surface area contributed by atoms with E-state index in [-0.39, 0.29) is 11.1 Å². The fraction of sp³-hybridized carbons (Fsp3) is 0.267. The number of hydrogen-bond donors (Lipinski definition) is 1. The van der Waals surface area contributed by atoms with E-state index < -0.39 is 5.82 Å². The number of nitrogens with zero attached hydrogens (tertiary/aromatic N) is 1. The fourth-order valence-corrected chi connectivity index (χ4v) is 2.71. The van der Waals surface area contributed by atoms with Gasteiger partial charge in [0.1, 0.15) is 5.82 Å². The number of aryl methyl sites for hydroxylation is 2. The summed E-state index contributed by atoms with van der Waals surface area (Å²) in [6.07, 6.45) is 1.78. The first-order chi connectivity index (χ1) is 9.45. The highest BCUT2D eigenvalue weighted by Crippen LogP contribution is 2.33. The fourth-order valence-electron chi connectivity index (χ4n) is 2.23. The van der Waals surface area contributed by atoms with Gasteiger partial charge in [0, 0.05) is 16.2 Å². The van der Waals surface area contributed by atoms with Crippen LogP contribution in [0, 0.1) is 19.7 Å². The van der Waals surface area contributed by atoms with Crippen LogP contribution in [0.3, 0.4) is 0 Å². The molecule has 0 bridgehead atoms. The van der Waals surface area contributed by atoms with E-state index in [4.69, 9.17) is 11.6 Å². The molecule has 1 unspecified atom stereocenters. The lowest BCUT2D eigenvalue weighted by atomic mass is 9.99.